The number of carbonyl (C=O) groups excluding carboxylic acids is 1. The highest BCUT2D eigenvalue weighted by molar-refractivity contribution is 6.00. The number of H-pyrrole nitrogens is 1. The number of aliphatic carboxylic acids is 1. The van der Waals surface area contributed by atoms with E-state index in [2.05, 4.69) is 30.6 Å². The van der Waals surface area contributed by atoms with Crippen molar-refractivity contribution in [1.29, 1.82) is 0 Å². The molecule has 0 aliphatic heterocycles. The topological polar surface area (TPSA) is 133 Å². The van der Waals surface area contributed by atoms with E-state index in [9.17, 15) is 18.0 Å². The van der Waals surface area contributed by atoms with Crippen molar-refractivity contribution >= 4 is 34.5 Å². The summed E-state index contributed by atoms with van der Waals surface area (Å²) in [5, 5.41) is 12.8. The van der Waals surface area contributed by atoms with Crippen LogP contribution in [0.2, 0.25) is 0 Å². The Kier molecular flexibility index (Phi) is 7.61. The Morgan fingerprint density at radius 2 is 1.39 bits per heavy atom. The van der Waals surface area contributed by atoms with Gasteiger partial charge in [-0.1, -0.05) is 30.3 Å². The van der Waals surface area contributed by atoms with Crippen molar-refractivity contribution in [2.75, 3.05) is 10.6 Å². The first-order chi connectivity index (χ1) is 18.2. The highest BCUT2D eigenvalue weighted by atomic mass is 19.4. The van der Waals surface area contributed by atoms with Crippen LogP contribution in [0.4, 0.5) is 29.3 Å². The van der Waals surface area contributed by atoms with Crippen LogP contribution < -0.4 is 10.6 Å². The molecular weight excluding hydrogens is 501 g/mol. The quantitative estimate of drug-likeness (QED) is 0.231. The molecule has 0 spiro atoms. The molecule has 0 aliphatic carbocycles. The summed E-state index contributed by atoms with van der Waals surface area (Å²) < 4.78 is 31.7. The van der Waals surface area contributed by atoms with Gasteiger partial charge < -0.3 is 20.7 Å². The van der Waals surface area contributed by atoms with E-state index in [1.807, 2.05) is 72.9 Å². The van der Waals surface area contributed by atoms with Crippen molar-refractivity contribution in [3.63, 3.8) is 0 Å². The van der Waals surface area contributed by atoms with Gasteiger partial charge in [0.05, 0.1) is 11.8 Å². The van der Waals surface area contributed by atoms with Crippen molar-refractivity contribution in [1.82, 2.24) is 19.9 Å². The fourth-order valence-electron chi connectivity index (χ4n) is 3.40. The number of imidazole rings is 1. The van der Waals surface area contributed by atoms with E-state index in [0.29, 0.717) is 17.0 Å². The Hall–Kier alpha value is -5.26. The SMILES string of the molecule is O=C(Nc1ccc(-c2cccnc2)cc1)Nc1ccc(-c2ccnc3nc[nH]c23)cc1.O=C(O)C(F)(F)F. The molecule has 0 unspecified atom stereocenters. The molecule has 0 radical (unpaired) electrons. The maximum absolute atomic E-state index is 12.4. The van der Waals surface area contributed by atoms with E-state index < -0.39 is 12.1 Å². The minimum absolute atomic E-state index is 0.304. The number of benzene rings is 2. The van der Waals surface area contributed by atoms with E-state index in [0.717, 1.165) is 27.8 Å². The zero-order valence-electron chi connectivity index (χ0n) is 19.4. The summed E-state index contributed by atoms with van der Waals surface area (Å²) in [5.74, 6) is -2.76. The van der Waals surface area contributed by atoms with Crippen LogP contribution in [0.25, 0.3) is 33.4 Å². The number of carboxylic acid groups (broad SMARTS) is 1. The molecule has 3 heterocycles. The number of urea groups is 1. The van der Waals surface area contributed by atoms with Gasteiger partial charge in [-0.2, -0.15) is 13.2 Å². The first-order valence-corrected chi connectivity index (χ1v) is 11.0. The number of nitrogens with one attached hydrogen (secondary N) is 3. The van der Waals surface area contributed by atoms with Gasteiger partial charge in [0.1, 0.15) is 0 Å². The molecule has 3 aromatic heterocycles. The van der Waals surface area contributed by atoms with Crippen molar-refractivity contribution < 1.29 is 27.9 Å². The molecule has 12 heteroatoms. The molecule has 5 rings (SSSR count). The van der Waals surface area contributed by atoms with E-state index in [1.165, 1.54) is 0 Å². The second kappa shape index (κ2) is 11.2. The Morgan fingerprint density at radius 3 is 1.95 bits per heavy atom. The number of alkyl halides is 3. The smallest absolute Gasteiger partial charge is 0.475 e. The lowest BCUT2D eigenvalue weighted by molar-refractivity contribution is -0.192. The van der Waals surface area contributed by atoms with E-state index in [-0.39, 0.29) is 6.03 Å². The van der Waals surface area contributed by atoms with Crippen molar-refractivity contribution in [3.8, 4) is 22.3 Å². The Balaban J connectivity index is 0.000000426. The van der Waals surface area contributed by atoms with Crippen LogP contribution in [0.3, 0.4) is 0 Å². The maximum atomic E-state index is 12.4. The van der Waals surface area contributed by atoms with Gasteiger partial charge >= 0.3 is 18.2 Å². The number of nitrogens with zero attached hydrogens (tertiary/aromatic N) is 3. The summed E-state index contributed by atoms with van der Waals surface area (Å²) in [6.07, 6.45) is 1.83. The number of fused-ring (bicyclic) bond motifs is 1. The molecule has 0 atom stereocenters. The largest absolute Gasteiger partial charge is 0.490 e. The van der Waals surface area contributed by atoms with E-state index >= 15 is 0 Å². The second-order valence-electron chi connectivity index (χ2n) is 7.74. The van der Waals surface area contributed by atoms with Gasteiger partial charge in [-0.25, -0.2) is 19.6 Å². The predicted molar refractivity (Wildman–Crippen MR) is 135 cm³/mol. The van der Waals surface area contributed by atoms with Crippen LogP contribution >= 0.6 is 0 Å². The summed E-state index contributed by atoms with van der Waals surface area (Å²) in [6, 6.07) is 20.8. The van der Waals surface area contributed by atoms with Crippen molar-refractivity contribution in [2.24, 2.45) is 0 Å². The molecule has 5 aromatic rings. The van der Waals surface area contributed by atoms with Gasteiger partial charge in [0.2, 0.25) is 0 Å². The fraction of sp³-hybridized carbons (Fsp3) is 0.0385. The summed E-state index contributed by atoms with van der Waals surface area (Å²) in [5.41, 5.74) is 7.05. The van der Waals surface area contributed by atoms with Crippen LogP contribution in [-0.2, 0) is 4.79 Å². The average molecular weight is 520 g/mol. The number of amides is 2. The predicted octanol–water partition coefficient (Wildman–Crippen LogP) is 5.96. The molecule has 0 aliphatic rings. The number of pyridine rings is 2. The lowest BCUT2D eigenvalue weighted by atomic mass is 10.1. The number of halogens is 3. The van der Waals surface area contributed by atoms with Crippen LogP contribution in [0.5, 0.6) is 0 Å². The minimum Gasteiger partial charge on any atom is -0.475 e. The number of carboxylic acids is 1. The fourth-order valence-corrected chi connectivity index (χ4v) is 3.40. The number of hydrogen-bond acceptors (Lipinski definition) is 5. The lowest BCUT2D eigenvalue weighted by Gasteiger charge is -2.09. The maximum Gasteiger partial charge on any atom is 0.490 e. The molecular formula is C26H19F3N6O3. The normalized spacial score (nSPS) is 10.8. The minimum atomic E-state index is -5.08. The lowest BCUT2D eigenvalue weighted by Crippen LogP contribution is -2.21. The van der Waals surface area contributed by atoms with Gasteiger partial charge in [-0.15, -0.1) is 0 Å². The van der Waals surface area contributed by atoms with Crippen LogP contribution in [0.15, 0.2) is 91.6 Å². The number of aromatic nitrogens is 4. The molecule has 0 saturated heterocycles. The van der Waals surface area contributed by atoms with Gasteiger partial charge in [0.15, 0.2) is 5.65 Å². The van der Waals surface area contributed by atoms with Gasteiger partial charge in [0.25, 0.3) is 0 Å². The van der Waals surface area contributed by atoms with Gasteiger partial charge in [0, 0.05) is 35.5 Å². The van der Waals surface area contributed by atoms with Crippen molar-refractivity contribution in [2.45, 2.75) is 6.18 Å². The zero-order valence-corrected chi connectivity index (χ0v) is 19.4. The monoisotopic (exact) mass is 520 g/mol. The molecule has 38 heavy (non-hydrogen) atoms. The molecule has 0 fully saturated rings. The number of anilines is 2. The Morgan fingerprint density at radius 1 is 0.789 bits per heavy atom. The third-order valence-corrected chi connectivity index (χ3v) is 5.16. The number of hydrogen-bond donors (Lipinski definition) is 4. The van der Waals surface area contributed by atoms with E-state index in [1.54, 1.807) is 18.7 Å². The third-order valence-electron chi connectivity index (χ3n) is 5.16. The molecule has 0 bridgehead atoms. The first-order valence-electron chi connectivity index (χ1n) is 11.0. The summed E-state index contributed by atoms with van der Waals surface area (Å²) >= 11 is 0. The molecule has 0 saturated carbocycles. The summed E-state index contributed by atoms with van der Waals surface area (Å²) in [7, 11) is 0. The molecule has 4 N–H and O–H groups in total. The average Bonchev–Trinajstić information content (AvgIpc) is 3.39. The van der Waals surface area contributed by atoms with Crippen LogP contribution in [0, 0.1) is 0 Å². The third kappa shape index (κ3) is 6.49. The zero-order chi connectivity index (χ0) is 27.1. The highest BCUT2D eigenvalue weighted by Gasteiger charge is 2.38. The second-order valence-corrected chi connectivity index (χ2v) is 7.74. The molecule has 2 amide bonds. The highest BCUT2D eigenvalue weighted by Crippen LogP contribution is 2.26. The Labute approximate surface area is 213 Å². The number of rotatable bonds is 4. The van der Waals surface area contributed by atoms with Crippen LogP contribution in [0.1, 0.15) is 0 Å². The van der Waals surface area contributed by atoms with Gasteiger partial charge in [-0.05, 0) is 53.1 Å². The Bertz CT molecular complexity index is 1540. The standard InChI is InChI=1S/C24H18N6O.C2HF3O2/c31-24(29-19-7-3-16(4-8-19)18-2-1-12-25-14-18)30-20-9-5-17(6-10-20)21-11-13-26-23-22(21)27-15-28-23;3-2(4,5)1(6)7/h1-15H,(H,26,27,28)(H2,29,30,31);(H,6,7). The van der Waals surface area contributed by atoms with E-state index in [4.69, 9.17) is 9.90 Å². The summed E-state index contributed by atoms with van der Waals surface area (Å²) in [4.78, 5) is 36.9. The molecule has 192 valence electrons. The van der Waals surface area contributed by atoms with Gasteiger partial charge in [-0.3, -0.25) is 4.98 Å². The molecule has 2 aromatic carbocycles. The number of aromatic amines is 1. The number of carbonyl (C=O) groups is 2. The van der Waals surface area contributed by atoms with Crippen molar-refractivity contribution in [3.05, 3.63) is 91.6 Å². The first kappa shape index (κ1) is 25.8. The summed E-state index contributed by atoms with van der Waals surface area (Å²) in [6.45, 7) is 0. The molecule has 9 nitrogen and oxygen atoms in total. The van der Waals surface area contributed by atoms with Crippen LogP contribution in [-0.4, -0.2) is 43.2 Å².